The first kappa shape index (κ1) is 13.8. The van der Waals surface area contributed by atoms with E-state index in [1.54, 1.807) is 0 Å². The van der Waals surface area contributed by atoms with Crippen molar-refractivity contribution >= 4 is 11.5 Å². The maximum absolute atomic E-state index is 5.47. The molecule has 3 rings (SSSR count). The van der Waals surface area contributed by atoms with Crippen LogP contribution in [-0.2, 0) is 13.0 Å². The van der Waals surface area contributed by atoms with Crippen molar-refractivity contribution in [1.82, 2.24) is 9.97 Å². The molecule has 0 amide bonds. The van der Waals surface area contributed by atoms with Gasteiger partial charge < -0.3 is 10.3 Å². The Kier molecular flexibility index (Phi) is 3.75. The van der Waals surface area contributed by atoms with Crippen molar-refractivity contribution in [2.24, 2.45) is 11.8 Å². The first-order valence-electron chi connectivity index (χ1n) is 7.29. The predicted molar refractivity (Wildman–Crippen MR) is 84.9 cm³/mol. The molecule has 0 saturated carbocycles. The van der Waals surface area contributed by atoms with Crippen LogP contribution in [0.5, 0.6) is 0 Å². The number of aromatic nitrogens is 2. The summed E-state index contributed by atoms with van der Waals surface area (Å²) in [6, 6.07) is 10.4. The Morgan fingerprint density at radius 3 is 2.95 bits per heavy atom. The van der Waals surface area contributed by atoms with Crippen LogP contribution in [-0.4, -0.2) is 16.5 Å². The summed E-state index contributed by atoms with van der Waals surface area (Å²) in [6.45, 7) is 5.98. The number of anilines is 2. The van der Waals surface area contributed by atoms with Gasteiger partial charge in [0, 0.05) is 24.0 Å². The molecule has 2 heterocycles. The first-order valence-corrected chi connectivity index (χ1v) is 7.29. The van der Waals surface area contributed by atoms with Crippen LogP contribution >= 0.6 is 0 Å². The lowest BCUT2D eigenvalue weighted by molar-refractivity contribution is 0.525. The van der Waals surface area contributed by atoms with E-state index >= 15 is 0 Å². The summed E-state index contributed by atoms with van der Waals surface area (Å²) >= 11 is 0. The molecule has 0 bridgehead atoms. The molecule has 5 nitrogen and oxygen atoms in total. The van der Waals surface area contributed by atoms with Crippen molar-refractivity contribution in [3.05, 3.63) is 47.4 Å². The number of benzene rings is 1. The molecule has 1 aliphatic heterocycles. The molecule has 0 fully saturated rings. The number of hydrogen-bond acceptors (Lipinski definition) is 5. The fourth-order valence-electron chi connectivity index (χ4n) is 3.00. The molecule has 110 valence electrons. The van der Waals surface area contributed by atoms with E-state index in [-0.39, 0.29) is 0 Å². The summed E-state index contributed by atoms with van der Waals surface area (Å²) in [5.74, 6) is 7.56. The molecule has 1 atom stereocenters. The first-order chi connectivity index (χ1) is 10.2. The van der Waals surface area contributed by atoms with Crippen molar-refractivity contribution in [2.75, 3.05) is 16.9 Å². The molecule has 1 aromatic carbocycles. The smallest absolute Gasteiger partial charge is 0.150 e. The molecule has 0 radical (unpaired) electrons. The summed E-state index contributed by atoms with van der Waals surface area (Å²) in [7, 11) is 0. The molecule has 0 saturated heterocycles. The minimum absolute atomic E-state index is 0.636. The summed E-state index contributed by atoms with van der Waals surface area (Å²) in [5.41, 5.74) is 6.22. The Balaban J connectivity index is 1.90. The molecule has 2 aromatic rings. The normalized spacial score (nSPS) is 17.5. The number of para-hydroxylation sites is 1. The highest BCUT2D eigenvalue weighted by atomic mass is 15.3. The molecule has 5 heteroatoms. The Morgan fingerprint density at radius 1 is 1.33 bits per heavy atom. The van der Waals surface area contributed by atoms with Gasteiger partial charge in [0.1, 0.15) is 11.6 Å². The number of nitrogen functional groups attached to an aromatic ring is 1. The van der Waals surface area contributed by atoms with Gasteiger partial charge in [-0.2, -0.15) is 0 Å². The molecule has 1 aliphatic rings. The largest absolute Gasteiger partial charge is 0.363 e. The predicted octanol–water partition coefficient (Wildman–Crippen LogP) is 2.27. The van der Waals surface area contributed by atoms with Gasteiger partial charge in [-0.05, 0) is 30.9 Å². The van der Waals surface area contributed by atoms with Crippen molar-refractivity contribution in [1.29, 1.82) is 0 Å². The molecule has 21 heavy (non-hydrogen) atoms. The maximum Gasteiger partial charge on any atom is 0.150 e. The number of aryl methyl sites for hydroxylation is 1. The van der Waals surface area contributed by atoms with Gasteiger partial charge in [0.15, 0.2) is 0 Å². The fraction of sp³-hybridized carbons (Fsp3) is 0.375. The number of nitrogens with two attached hydrogens (primary N) is 1. The highest BCUT2D eigenvalue weighted by molar-refractivity contribution is 5.55. The summed E-state index contributed by atoms with van der Waals surface area (Å²) in [5, 5.41) is 0. The van der Waals surface area contributed by atoms with Crippen LogP contribution in [0, 0.1) is 12.8 Å². The number of fused-ring (bicyclic) bond motifs is 1. The van der Waals surface area contributed by atoms with Crippen LogP contribution < -0.4 is 16.2 Å². The number of rotatable bonds is 3. The van der Waals surface area contributed by atoms with Gasteiger partial charge >= 0.3 is 0 Å². The zero-order valence-corrected chi connectivity index (χ0v) is 12.5. The zero-order chi connectivity index (χ0) is 14.8. The van der Waals surface area contributed by atoms with E-state index in [1.165, 1.54) is 11.3 Å². The Hall–Kier alpha value is -2.14. The van der Waals surface area contributed by atoms with Crippen molar-refractivity contribution < 1.29 is 0 Å². The van der Waals surface area contributed by atoms with Crippen LogP contribution in [0.1, 0.15) is 24.0 Å². The summed E-state index contributed by atoms with van der Waals surface area (Å²) < 4.78 is 0. The summed E-state index contributed by atoms with van der Waals surface area (Å²) in [6.07, 6.45) is 1.14. The number of nitrogens with zero attached hydrogens (tertiary/aromatic N) is 3. The molecular weight excluding hydrogens is 262 g/mol. The van der Waals surface area contributed by atoms with E-state index in [2.05, 4.69) is 51.5 Å². The van der Waals surface area contributed by atoms with Gasteiger partial charge in [0.25, 0.3) is 0 Å². The standard InChI is InChI=1S/C16H21N5/c1-11-7-13-5-3-4-6-14(13)21(9-11)10-16-18-12(2)8-15(19-16)20-17/h3-6,8,11H,7,9-10,17H2,1-2H3,(H,18,19,20). The minimum atomic E-state index is 0.636. The number of nitrogens with one attached hydrogen (secondary N) is 1. The van der Waals surface area contributed by atoms with Crippen LogP contribution in [0.2, 0.25) is 0 Å². The van der Waals surface area contributed by atoms with Gasteiger partial charge in [-0.25, -0.2) is 15.8 Å². The highest BCUT2D eigenvalue weighted by Crippen LogP contribution is 2.30. The average molecular weight is 283 g/mol. The highest BCUT2D eigenvalue weighted by Gasteiger charge is 2.22. The monoisotopic (exact) mass is 283 g/mol. The average Bonchev–Trinajstić information content (AvgIpc) is 2.46. The van der Waals surface area contributed by atoms with Crippen molar-refractivity contribution in [3.63, 3.8) is 0 Å². The lowest BCUT2D eigenvalue weighted by Crippen LogP contribution is -2.34. The van der Waals surface area contributed by atoms with Crippen LogP contribution in [0.4, 0.5) is 11.5 Å². The molecule has 1 aromatic heterocycles. The Bertz CT molecular complexity index is 640. The van der Waals surface area contributed by atoms with Crippen molar-refractivity contribution in [3.8, 4) is 0 Å². The van der Waals surface area contributed by atoms with Gasteiger partial charge in [-0.15, -0.1) is 0 Å². The van der Waals surface area contributed by atoms with E-state index in [1.807, 2.05) is 13.0 Å². The van der Waals surface area contributed by atoms with E-state index in [4.69, 9.17) is 5.84 Å². The maximum atomic E-state index is 5.47. The zero-order valence-electron chi connectivity index (χ0n) is 12.5. The number of hydrazine groups is 1. The van der Waals surface area contributed by atoms with E-state index in [9.17, 15) is 0 Å². The molecule has 3 N–H and O–H groups in total. The minimum Gasteiger partial charge on any atom is -0.363 e. The van der Waals surface area contributed by atoms with Gasteiger partial charge in [0.05, 0.1) is 6.54 Å². The third-order valence-electron chi connectivity index (χ3n) is 3.81. The van der Waals surface area contributed by atoms with Crippen LogP contribution in [0.25, 0.3) is 0 Å². The second kappa shape index (κ2) is 5.69. The van der Waals surface area contributed by atoms with Crippen LogP contribution in [0.15, 0.2) is 30.3 Å². The Labute approximate surface area is 125 Å². The van der Waals surface area contributed by atoms with E-state index in [0.29, 0.717) is 18.3 Å². The van der Waals surface area contributed by atoms with Crippen molar-refractivity contribution in [2.45, 2.75) is 26.8 Å². The van der Waals surface area contributed by atoms with Gasteiger partial charge in [-0.1, -0.05) is 25.1 Å². The topological polar surface area (TPSA) is 67.1 Å². The fourth-order valence-corrected chi connectivity index (χ4v) is 3.00. The Morgan fingerprint density at radius 2 is 2.14 bits per heavy atom. The summed E-state index contributed by atoms with van der Waals surface area (Å²) in [4.78, 5) is 11.3. The second-order valence-electron chi connectivity index (χ2n) is 5.77. The van der Waals surface area contributed by atoms with E-state index < -0.39 is 0 Å². The SMILES string of the molecule is Cc1cc(NN)nc(CN2CC(C)Cc3ccccc32)n1. The molecule has 0 spiro atoms. The third-order valence-corrected chi connectivity index (χ3v) is 3.81. The molecule has 1 unspecified atom stereocenters. The third kappa shape index (κ3) is 2.97. The number of hydrogen-bond donors (Lipinski definition) is 2. The van der Waals surface area contributed by atoms with Gasteiger partial charge in [0.2, 0.25) is 0 Å². The lowest BCUT2D eigenvalue weighted by atomic mass is 9.94. The van der Waals surface area contributed by atoms with Crippen LogP contribution in [0.3, 0.4) is 0 Å². The quantitative estimate of drug-likeness (QED) is 0.668. The van der Waals surface area contributed by atoms with Gasteiger partial charge in [-0.3, -0.25) is 0 Å². The molecule has 0 aliphatic carbocycles. The van der Waals surface area contributed by atoms with E-state index in [0.717, 1.165) is 24.5 Å². The molecular formula is C16H21N5. The lowest BCUT2D eigenvalue weighted by Gasteiger charge is -2.34. The second-order valence-corrected chi connectivity index (χ2v) is 5.77.